The molecule has 1 atom stereocenters. The number of hydrogen-bond acceptors (Lipinski definition) is 4. The van der Waals surface area contributed by atoms with Gasteiger partial charge in [-0.25, -0.2) is 0 Å². The highest BCUT2D eigenvalue weighted by Crippen LogP contribution is 2.26. The van der Waals surface area contributed by atoms with Gasteiger partial charge in [0, 0.05) is 6.21 Å². The first-order valence-corrected chi connectivity index (χ1v) is 9.40. The van der Waals surface area contributed by atoms with Crippen molar-refractivity contribution < 1.29 is 14.3 Å². The van der Waals surface area contributed by atoms with Gasteiger partial charge in [0.15, 0.2) is 6.61 Å². The fourth-order valence-corrected chi connectivity index (χ4v) is 2.79. The molecule has 3 aromatic rings. The highest BCUT2D eigenvalue weighted by atomic mass is 16.5. The molecule has 0 saturated carbocycles. The summed E-state index contributed by atoms with van der Waals surface area (Å²) in [6, 6.07) is 24.7. The molecule has 0 radical (unpaired) electrons. The van der Waals surface area contributed by atoms with Crippen molar-refractivity contribution in [3.63, 3.8) is 0 Å². The van der Waals surface area contributed by atoms with E-state index in [1.54, 1.807) is 13.3 Å². The minimum atomic E-state index is -0.164. The fourth-order valence-electron chi connectivity index (χ4n) is 2.79. The topological polar surface area (TPSA) is 59.9 Å². The molecule has 29 heavy (non-hydrogen) atoms. The molecule has 0 spiro atoms. The molecule has 5 nitrogen and oxygen atoms in total. The summed E-state index contributed by atoms with van der Waals surface area (Å²) in [6.07, 6.45) is 1.76. The van der Waals surface area contributed by atoms with E-state index < -0.39 is 0 Å². The smallest absolute Gasteiger partial charge is 0.258 e. The third kappa shape index (κ3) is 5.94. The van der Waals surface area contributed by atoms with Crippen molar-refractivity contribution in [2.45, 2.75) is 13.0 Å². The number of carbonyl (C=O) groups is 1. The SMILES string of the molecule is COc1ccccc1N=Cc1ccc(OCC(=O)N[C@H](C)c2ccccc2)cc1. The average molecular weight is 388 g/mol. The van der Waals surface area contributed by atoms with E-state index in [2.05, 4.69) is 10.3 Å². The van der Waals surface area contributed by atoms with Gasteiger partial charge in [-0.3, -0.25) is 9.79 Å². The van der Waals surface area contributed by atoms with Crippen LogP contribution in [0.5, 0.6) is 11.5 Å². The fraction of sp³-hybridized carbons (Fsp3) is 0.167. The quantitative estimate of drug-likeness (QED) is 0.569. The lowest BCUT2D eigenvalue weighted by Gasteiger charge is -2.14. The largest absolute Gasteiger partial charge is 0.494 e. The number of nitrogens with zero attached hydrogens (tertiary/aromatic N) is 1. The van der Waals surface area contributed by atoms with Crippen LogP contribution in [0, 0.1) is 0 Å². The van der Waals surface area contributed by atoms with Gasteiger partial charge >= 0.3 is 0 Å². The van der Waals surface area contributed by atoms with Gasteiger partial charge in [-0.05, 0) is 54.4 Å². The Hall–Kier alpha value is -3.60. The first-order valence-electron chi connectivity index (χ1n) is 9.40. The van der Waals surface area contributed by atoms with Gasteiger partial charge in [-0.1, -0.05) is 42.5 Å². The summed E-state index contributed by atoms with van der Waals surface area (Å²) in [6.45, 7) is 1.91. The Bertz CT molecular complexity index is 953. The van der Waals surface area contributed by atoms with E-state index in [1.807, 2.05) is 85.8 Å². The van der Waals surface area contributed by atoms with Crippen LogP contribution in [0.15, 0.2) is 83.9 Å². The maximum atomic E-state index is 12.1. The number of methoxy groups -OCH3 is 1. The molecule has 3 aromatic carbocycles. The van der Waals surface area contributed by atoms with E-state index >= 15 is 0 Å². The second-order valence-electron chi connectivity index (χ2n) is 6.49. The predicted octanol–water partition coefficient (Wildman–Crippen LogP) is 4.70. The highest BCUT2D eigenvalue weighted by Gasteiger charge is 2.09. The third-order valence-corrected chi connectivity index (χ3v) is 4.36. The zero-order valence-electron chi connectivity index (χ0n) is 16.5. The summed E-state index contributed by atoms with van der Waals surface area (Å²) < 4.78 is 10.9. The van der Waals surface area contributed by atoms with E-state index in [1.165, 1.54) is 0 Å². The zero-order chi connectivity index (χ0) is 20.5. The van der Waals surface area contributed by atoms with E-state index in [0.29, 0.717) is 5.75 Å². The van der Waals surface area contributed by atoms with Crippen molar-refractivity contribution in [3.05, 3.63) is 90.0 Å². The van der Waals surface area contributed by atoms with Crippen LogP contribution in [0.2, 0.25) is 0 Å². The number of ether oxygens (including phenoxy) is 2. The number of benzene rings is 3. The molecule has 1 N–H and O–H groups in total. The number of nitrogens with one attached hydrogen (secondary N) is 1. The van der Waals surface area contributed by atoms with Gasteiger partial charge < -0.3 is 14.8 Å². The van der Waals surface area contributed by atoms with Crippen LogP contribution >= 0.6 is 0 Å². The van der Waals surface area contributed by atoms with Crippen LogP contribution in [0.25, 0.3) is 0 Å². The number of rotatable bonds is 8. The number of hydrogen-bond donors (Lipinski definition) is 1. The third-order valence-electron chi connectivity index (χ3n) is 4.36. The van der Waals surface area contributed by atoms with Crippen LogP contribution in [0.3, 0.4) is 0 Å². The van der Waals surface area contributed by atoms with Crippen molar-refractivity contribution in [2.24, 2.45) is 4.99 Å². The summed E-state index contributed by atoms with van der Waals surface area (Å²) in [5.74, 6) is 1.18. The van der Waals surface area contributed by atoms with Gasteiger partial charge in [-0.15, -0.1) is 0 Å². The van der Waals surface area contributed by atoms with Crippen molar-refractivity contribution in [1.29, 1.82) is 0 Å². The Kier molecular flexibility index (Phi) is 7.00. The van der Waals surface area contributed by atoms with Gasteiger partial charge in [0.2, 0.25) is 0 Å². The molecule has 0 bridgehead atoms. The minimum Gasteiger partial charge on any atom is -0.494 e. The number of amides is 1. The van der Waals surface area contributed by atoms with Gasteiger partial charge in [0.25, 0.3) is 5.91 Å². The maximum absolute atomic E-state index is 12.1. The molecule has 0 saturated heterocycles. The van der Waals surface area contributed by atoms with Crippen LogP contribution in [0.1, 0.15) is 24.1 Å². The Morgan fingerprint density at radius 3 is 2.41 bits per heavy atom. The zero-order valence-corrected chi connectivity index (χ0v) is 16.5. The second kappa shape index (κ2) is 10.1. The predicted molar refractivity (Wildman–Crippen MR) is 115 cm³/mol. The summed E-state index contributed by atoms with van der Waals surface area (Å²) in [5.41, 5.74) is 2.74. The number of carbonyl (C=O) groups excluding carboxylic acids is 1. The van der Waals surface area contributed by atoms with Crippen molar-refractivity contribution >= 4 is 17.8 Å². The molecule has 0 unspecified atom stereocenters. The number of aliphatic imine (C=N–C) groups is 1. The van der Waals surface area contributed by atoms with Crippen molar-refractivity contribution in [1.82, 2.24) is 5.32 Å². The Morgan fingerprint density at radius 1 is 1.00 bits per heavy atom. The molecule has 5 heteroatoms. The molecule has 148 valence electrons. The Morgan fingerprint density at radius 2 is 1.69 bits per heavy atom. The van der Waals surface area contributed by atoms with Crippen molar-refractivity contribution in [2.75, 3.05) is 13.7 Å². The number of para-hydroxylation sites is 2. The van der Waals surface area contributed by atoms with Gasteiger partial charge in [0.05, 0.1) is 13.2 Å². The molecule has 1 amide bonds. The summed E-state index contributed by atoms with van der Waals surface area (Å²) in [7, 11) is 1.62. The average Bonchev–Trinajstić information content (AvgIpc) is 2.77. The molecular weight excluding hydrogens is 364 g/mol. The molecule has 0 aromatic heterocycles. The lowest BCUT2D eigenvalue weighted by atomic mass is 10.1. The second-order valence-corrected chi connectivity index (χ2v) is 6.49. The van der Waals surface area contributed by atoms with E-state index in [-0.39, 0.29) is 18.6 Å². The van der Waals surface area contributed by atoms with Gasteiger partial charge in [0.1, 0.15) is 17.2 Å². The van der Waals surface area contributed by atoms with E-state index in [4.69, 9.17) is 9.47 Å². The van der Waals surface area contributed by atoms with E-state index in [9.17, 15) is 4.79 Å². The normalized spacial score (nSPS) is 11.8. The highest BCUT2D eigenvalue weighted by molar-refractivity contribution is 5.83. The monoisotopic (exact) mass is 388 g/mol. The van der Waals surface area contributed by atoms with Gasteiger partial charge in [-0.2, -0.15) is 0 Å². The van der Waals surface area contributed by atoms with Crippen LogP contribution < -0.4 is 14.8 Å². The molecule has 0 aliphatic heterocycles. The molecule has 0 fully saturated rings. The van der Waals surface area contributed by atoms with Crippen LogP contribution in [-0.4, -0.2) is 25.8 Å². The standard InChI is InChI=1S/C24H24N2O3/c1-18(20-8-4-3-5-9-20)26-24(27)17-29-21-14-12-19(13-15-21)16-25-22-10-6-7-11-23(22)28-2/h3-16,18H,17H2,1-2H3,(H,26,27)/t18-/m1/s1. The van der Waals surface area contributed by atoms with E-state index in [0.717, 1.165) is 22.6 Å². The van der Waals surface area contributed by atoms with Crippen LogP contribution in [0.4, 0.5) is 5.69 Å². The molecule has 0 aliphatic rings. The van der Waals surface area contributed by atoms with Crippen LogP contribution in [-0.2, 0) is 4.79 Å². The summed E-state index contributed by atoms with van der Waals surface area (Å²) in [4.78, 5) is 16.6. The molecule has 3 rings (SSSR count). The molecule has 0 heterocycles. The Balaban J connectivity index is 1.51. The summed E-state index contributed by atoms with van der Waals surface area (Å²) in [5, 5.41) is 2.93. The lowest BCUT2D eigenvalue weighted by Crippen LogP contribution is -2.31. The summed E-state index contributed by atoms with van der Waals surface area (Å²) >= 11 is 0. The van der Waals surface area contributed by atoms with Crippen molar-refractivity contribution in [3.8, 4) is 11.5 Å². The first kappa shape index (κ1) is 20.1. The Labute approximate surface area is 171 Å². The maximum Gasteiger partial charge on any atom is 0.258 e. The molecule has 0 aliphatic carbocycles. The first-order chi connectivity index (χ1) is 14.2. The lowest BCUT2D eigenvalue weighted by molar-refractivity contribution is -0.123. The molecular formula is C24H24N2O3. The minimum absolute atomic E-state index is 0.0359.